The summed E-state index contributed by atoms with van der Waals surface area (Å²) in [6.45, 7) is 3.02. The molecule has 1 saturated carbocycles. The Morgan fingerprint density at radius 1 is 1.10 bits per heavy atom. The van der Waals surface area contributed by atoms with Gasteiger partial charge in [0.15, 0.2) is 5.76 Å². The lowest BCUT2D eigenvalue weighted by Crippen LogP contribution is -2.37. The second-order valence-corrected chi connectivity index (χ2v) is 8.53. The molecule has 0 spiro atoms. The molecule has 3 aromatic heterocycles. The third kappa shape index (κ3) is 4.69. The molecule has 2 fully saturated rings. The first kappa shape index (κ1) is 19.9. The molecule has 162 valence electrons. The predicted octanol–water partition coefficient (Wildman–Crippen LogP) is 3.44. The molecule has 4 heterocycles. The number of rotatable bonds is 6. The Bertz CT molecular complexity index is 1000. The van der Waals surface area contributed by atoms with E-state index in [0.29, 0.717) is 11.8 Å². The van der Waals surface area contributed by atoms with E-state index in [9.17, 15) is 4.79 Å². The van der Waals surface area contributed by atoms with Crippen LogP contribution < -0.4 is 5.32 Å². The Labute approximate surface area is 181 Å². The number of nitrogens with one attached hydrogen (secondary N) is 1. The number of carbonyl (C=O) groups excluding carboxylic acids is 1. The first-order valence-corrected chi connectivity index (χ1v) is 11.2. The fourth-order valence-corrected chi connectivity index (χ4v) is 4.61. The van der Waals surface area contributed by atoms with Crippen LogP contribution in [0.1, 0.15) is 60.9 Å². The summed E-state index contributed by atoms with van der Waals surface area (Å²) in [4.78, 5) is 23.5. The molecule has 2 aliphatic rings. The Morgan fingerprint density at radius 2 is 1.94 bits per heavy atom. The van der Waals surface area contributed by atoms with E-state index in [4.69, 9.17) is 4.42 Å². The Kier molecular flexibility index (Phi) is 5.80. The van der Waals surface area contributed by atoms with E-state index in [1.165, 1.54) is 12.8 Å². The lowest BCUT2D eigenvalue weighted by Gasteiger charge is -2.29. The van der Waals surface area contributed by atoms with E-state index >= 15 is 0 Å². The molecule has 0 atom stereocenters. The molecular weight excluding hydrogens is 392 g/mol. The van der Waals surface area contributed by atoms with Gasteiger partial charge >= 0.3 is 0 Å². The van der Waals surface area contributed by atoms with Crippen molar-refractivity contribution >= 4 is 5.91 Å². The summed E-state index contributed by atoms with van der Waals surface area (Å²) in [7, 11) is 0. The zero-order valence-corrected chi connectivity index (χ0v) is 17.6. The van der Waals surface area contributed by atoms with Crippen molar-refractivity contribution in [1.29, 1.82) is 0 Å². The maximum atomic E-state index is 12.6. The van der Waals surface area contributed by atoms with Crippen LogP contribution in [0.15, 0.2) is 47.5 Å². The monoisotopic (exact) mass is 420 g/mol. The van der Waals surface area contributed by atoms with Gasteiger partial charge < -0.3 is 9.73 Å². The maximum absolute atomic E-state index is 12.6. The highest BCUT2D eigenvalue weighted by atomic mass is 16.4. The van der Waals surface area contributed by atoms with Gasteiger partial charge in [-0.15, -0.1) is 0 Å². The molecule has 8 heteroatoms. The quantitative estimate of drug-likeness (QED) is 0.657. The zero-order chi connectivity index (χ0) is 21.0. The third-order valence-electron chi connectivity index (χ3n) is 6.33. The van der Waals surface area contributed by atoms with Gasteiger partial charge in [-0.2, -0.15) is 5.10 Å². The molecule has 1 aliphatic carbocycles. The maximum Gasteiger partial charge on any atom is 0.287 e. The van der Waals surface area contributed by atoms with Gasteiger partial charge in [-0.3, -0.25) is 24.3 Å². The van der Waals surface area contributed by atoms with Crippen molar-refractivity contribution < 1.29 is 9.21 Å². The van der Waals surface area contributed by atoms with E-state index in [1.807, 2.05) is 23.1 Å². The van der Waals surface area contributed by atoms with Crippen LogP contribution >= 0.6 is 0 Å². The van der Waals surface area contributed by atoms with Crippen LogP contribution in [0.3, 0.4) is 0 Å². The molecule has 1 aliphatic heterocycles. The van der Waals surface area contributed by atoms with E-state index in [0.717, 1.165) is 62.3 Å². The van der Waals surface area contributed by atoms with Crippen molar-refractivity contribution in [3.8, 4) is 11.3 Å². The van der Waals surface area contributed by atoms with E-state index in [2.05, 4.69) is 25.3 Å². The second kappa shape index (κ2) is 9.01. The molecule has 5 rings (SSSR count). The minimum Gasteiger partial charge on any atom is -0.455 e. The Morgan fingerprint density at radius 3 is 2.71 bits per heavy atom. The van der Waals surface area contributed by atoms with Crippen molar-refractivity contribution in [2.45, 2.75) is 57.2 Å². The van der Waals surface area contributed by atoms with Gasteiger partial charge in [0.05, 0.1) is 30.7 Å². The van der Waals surface area contributed by atoms with Crippen molar-refractivity contribution in [2.75, 3.05) is 13.1 Å². The van der Waals surface area contributed by atoms with Crippen LogP contribution in [0, 0.1) is 0 Å². The summed E-state index contributed by atoms with van der Waals surface area (Å²) >= 11 is 0. The van der Waals surface area contributed by atoms with Crippen LogP contribution in [0.5, 0.6) is 0 Å². The van der Waals surface area contributed by atoms with Crippen molar-refractivity contribution in [3.63, 3.8) is 0 Å². The summed E-state index contributed by atoms with van der Waals surface area (Å²) in [5.74, 6) is 1.17. The molecule has 31 heavy (non-hydrogen) atoms. The summed E-state index contributed by atoms with van der Waals surface area (Å²) in [6.07, 6.45) is 15.3. The van der Waals surface area contributed by atoms with Crippen molar-refractivity contribution in [3.05, 3.63) is 54.6 Å². The van der Waals surface area contributed by atoms with Crippen molar-refractivity contribution in [1.82, 2.24) is 30.0 Å². The van der Waals surface area contributed by atoms with E-state index in [-0.39, 0.29) is 11.9 Å². The minimum absolute atomic E-state index is 0.111. The van der Waals surface area contributed by atoms with E-state index < -0.39 is 0 Å². The number of carbonyl (C=O) groups is 1. The fraction of sp³-hybridized carbons (Fsp3) is 0.478. The largest absolute Gasteiger partial charge is 0.455 e. The number of furan rings is 1. The number of hydrogen-bond acceptors (Lipinski definition) is 6. The number of amides is 1. The molecule has 3 aromatic rings. The number of hydrogen-bond donors (Lipinski definition) is 1. The summed E-state index contributed by atoms with van der Waals surface area (Å²) in [5, 5.41) is 7.69. The molecule has 0 unspecified atom stereocenters. The van der Waals surface area contributed by atoms with Crippen molar-refractivity contribution in [2.24, 2.45) is 0 Å². The fourth-order valence-electron chi connectivity index (χ4n) is 4.61. The SMILES string of the molecule is O=C(NC1CCC(n2cc(-c3cnccn3)cn2)CC1)c1ccc(CN2CCCC2)o1. The zero-order valence-electron chi connectivity index (χ0n) is 17.6. The highest BCUT2D eigenvalue weighted by Crippen LogP contribution is 2.29. The molecule has 1 saturated heterocycles. The van der Waals surface area contributed by atoms with Crippen LogP contribution in [0.4, 0.5) is 0 Å². The average Bonchev–Trinajstić information content (AvgIpc) is 3.58. The lowest BCUT2D eigenvalue weighted by molar-refractivity contribution is 0.0890. The first-order chi connectivity index (χ1) is 15.2. The standard InChI is InChI=1S/C23H28N6O2/c30-23(22-8-7-20(31-22)16-28-11-1-2-12-28)27-18-3-5-19(6-4-18)29-15-17(13-26-29)21-14-24-9-10-25-21/h7-10,13-15,18-19H,1-6,11-12,16H2,(H,27,30). The molecule has 8 nitrogen and oxygen atoms in total. The smallest absolute Gasteiger partial charge is 0.287 e. The van der Waals surface area contributed by atoms with Gasteiger partial charge in [-0.1, -0.05) is 0 Å². The molecule has 1 N–H and O–H groups in total. The predicted molar refractivity (Wildman–Crippen MR) is 115 cm³/mol. The summed E-state index contributed by atoms with van der Waals surface area (Å²) < 4.78 is 7.83. The van der Waals surface area contributed by atoms with Gasteiger partial charge in [0.1, 0.15) is 5.76 Å². The molecule has 0 radical (unpaired) electrons. The Hall–Kier alpha value is -3.00. The minimum atomic E-state index is -0.111. The third-order valence-corrected chi connectivity index (χ3v) is 6.33. The summed E-state index contributed by atoms with van der Waals surface area (Å²) in [5.41, 5.74) is 1.81. The van der Waals surface area contributed by atoms with Crippen LogP contribution in [0.2, 0.25) is 0 Å². The van der Waals surface area contributed by atoms with E-state index in [1.54, 1.807) is 24.7 Å². The lowest BCUT2D eigenvalue weighted by atomic mass is 9.91. The first-order valence-electron chi connectivity index (χ1n) is 11.2. The number of nitrogens with zero attached hydrogens (tertiary/aromatic N) is 5. The highest BCUT2D eigenvalue weighted by Gasteiger charge is 2.25. The Balaban J connectivity index is 1.12. The van der Waals surface area contributed by atoms with Crippen LogP contribution in [0.25, 0.3) is 11.3 Å². The van der Waals surface area contributed by atoms with Crippen LogP contribution in [-0.4, -0.2) is 49.7 Å². The average molecular weight is 421 g/mol. The normalized spacial score (nSPS) is 21.9. The number of likely N-dealkylation sites (tertiary alicyclic amines) is 1. The van der Waals surface area contributed by atoms with Gasteiger partial charge in [0.25, 0.3) is 5.91 Å². The van der Waals surface area contributed by atoms with Gasteiger partial charge in [-0.25, -0.2) is 0 Å². The molecule has 0 aromatic carbocycles. The van der Waals surface area contributed by atoms with Crippen LogP contribution in [-0.2, 0) is 6.54 Å². The summed E-state index contributed by atoms with van der Waals surface area (Å²) in [6, 6.07) is 4.24. The second-order valence-electron chi connectivity index (χ2n) is 8.53. The molecule has 0 bridgehead atoms. The van der Waals surface area contributed by atoms with Gasteiger partial charge in [0.2, 0.25) is 0 Å². The highest BCUT2D eigenvalue weighted by molar-refractivity contribution is 5.91. The molecular formula is C23H28N6O2. The topological polar surface area (TPSA) is 89.1 Å². The molecule has 1 amide bonds. The van der Waals surface area contributed by atoms with Gasteiger partial charge in [-0.05, 0) is 63.7 Å². The van der Waals surface area contributed by atoms with Gasteiger partial charge in [0, 0.05) is 30.2 Å². The number of aromatic nitrogens is 4.